The molecule has 0 N–H and O–H groups in total. The lowest BCUT2D eigenvalue weighted by Crippen LogP contribution is -2.49. The number of carbonyl (C=O) groups is 1. The maximum Gasteiger partial charge on any atom is 0.203 e. The highest BCUT2D eigenvalue weighted by Gasteiger charge is 2.49. The normalized spacial score (nSPS) is 19.8. The van der Waals surface area contributed by atoms with Crippen molar-refractivity contribution in [1.82, 2.24) is 28.9 Å². The highest BCUT2D eigenvalue weighted by atomic mass is 32.2. The highest BCUT2D eigenvalue weighted by molar-refractivity contribution is 7.97. The van der Waals surface area contributed by atoms with Crippen LogP contribution in [0.5, 0.6) is 0 Å². The molecule has 1 fully saturated rings. The summed E-state index contributed by atoms with van der Waals surface area (Å²) >= 11 is 3.05. The molecule has 1 atom stereocenters. The van der Waals surface area contributed by atoms with Gasteiger partial charge in [-0.3, -0.25) is 9.48 Å². The van der Waals surface area contributed by atoms with Crippen LogP contribution in [0.2, 0.25) is 0 Å². The number of aromatic nitrogens is 5. The summed E-state index contributed by atoms with van der Waals surface area (Å²) in [6.07, 6.45) is 8.78. The predicted octanol–water partition coefficient (Wildman–Crippen LogP) is 4.91. The molecule has 4 aromatic rings. The van der Waals surface area contributed by atoms with Crippen LogP contribution in [-0.2, 0) is 13.0 Å². The number of hydrogen-bond donors (Lipinski definition) is 0. The number of benzene rings is 1. The molecule has 3 aromatic heterocycles. The third-order valence-corrected chi connectivity index (χ3v) is 8.59. The van der Waals surface area contributed by atoms with Gasteiger partial charge in [-0.2, -0.15) is 10.2 Å². The van der Waals surface area contributed by atoms with Crippen molar-refractivity contribution >= 4 is 35.1 Å². The number of rotatable bonds is 6. The van der Waals surface area contributed by atoms with Crippen LogP contribution in [-0.4, -0.2) is 47.7 Å². The Morgan fingerprint density at radius 3 is 2.83 bits per heavy atom. The summed E-state index contributed by atoms with van der Waals surface area (Å²) in [5.74, 6) is -0.219. The molecule has 7 nitrogen and oxygen atoms in total. The van der Waals surface area contributed by atoms with Crippen LogP contribution >= 0.6 is 23.3 Å². The number of ketones is 1. The molecule has 1 saturated heterocycles. The lowest BCUT2D eigenvalue weighted by molar-refractivity contribution is 0.0780. The van der Waals surface area contributed by atoms with Crippen molar-refractivity contribution in [3.05, 3.63) is 82.0 Å². The summed E-state index contributed by atoms with van der Waals surface area (Å²) in [7, 11) is 0. The van der Waals surface area contributed by atoms with Gasteiger partial charge in [0.25, 0.3) is 0 Å². The van der Waals surface area contributed by atoms with Gasteiger partial charge >= 0.3 is 0 Å². The molecule has 6 rings (SSSR count). The van der Waals surface area contributed by atoms with E-state index in [1.165, 1.54) is 23.5 Å². The average molecular weight is 507 g/mol. The number of nitrogens with zero attached hydrogens (tertiary/aromatic N) is 6. The van der Waals surface area contributed by atoms with E-state index in [-0.39, 0.29) is 11.6 Å². The Kier molecular flexibility index (Phi) is 5.66. The first-order chi connectivity index (χ1) is 17.1. The van der Waals surface area contributed by atoms with E-state index >= 15 is 0 Å². The number of aryl methyl sites for hydroxylation is 1. The second kappa shape index (κ2) is 8.85. The first kappa shape index (κ1) is 22.4. The Morgan fingerprint density at radius 1 is 1.20 bits per heavy atom. The summed E-state index contributed by atoms with van der Waals surface area (Å²) in [5, 5.41) is 12.5. The van der Waals surface area contributed by atoms with Crippen molar-refractivity contribution in [3.63, 3.8) is 0 Å². The molecule has 0 amide bonds. The fourth-order valence-corrected chi connectivity index (χ4v) is 6.79. The van der Waals surface area contributed by atoms with E-state index in [0.717, 1.165) is 47.1 Å². The van der Waals surface area contributed by atoms with Crippen LogP contribution in [0.4, 0.5) is 4.39 Å². The number of hydrogen-bond acceptors (Lipinski definition) is 7. The Morgan fingerprint density at radius 2 is 2.06 bits per heavy atom. The van der Waals surface area contributed by atoms with Crippen LogP contribution in [0, 0.1) is 11.2 Å². The van der Waals surface area contributed by atoms with Crippen molar-refractivity contribution in [2.24, 2.45) is 5.41 Å². The van der Waals surface area contributed by atoms with Gasteiger partial charge in [-0.05, 0) is 73.7 Å². The number of piperidine rings is 1. The zero-order valence-electron chi connectivity index (χ0n) is 19.1. The Bertz CT molecular complexity index is 1410. The molecule has 10 heteroatoms. The van der Waals surface area contributed by atoms with E-state index in [4.69, 9.17) is 0 Å². The molecule has 1 aromatic carbocycles. The predicted molar refractivity (Wildman–Crippen MR) is 134 cm³/mol. The van der Waals surface area contributed by atoms with Crippen molar-refractivity contribution in [2.45, 2.75) is 31.3 Å². The standard InChI is InChI=1S/C25H23FN6OS2/c1-2-31-22(7-9-28-31)35-30-11-8-18-13-21-17(15-29-32(21)20-5-3-19(26)4-6-20)14-25(18,16-30)23(33)24-27-10-12-34-24/h3-7,9-10,12-13,15H,2,8,11,14,16H2,1H3. The van der Waals surface area contributed by atoms with Gasteiger partial charge in [-0.25, -0.2) is 18.4 Å². The van der Waals surface area contributed by atoms with E-state index in [0.29, 0.717) is 18.0 Å². The maximum atomic E-state index is 14.0. The van der Waals surface area contributed by atoms with Crippen molar-refractivity contribution in [3.8, 4) is 5.69 Å². The molecule has 0 bridgehead atoms. The van der Waals surface area contributed by atoms with Gasteiger partial charge < -0.3 is 0 Å². The van der Waals surface area contributed by atoms with E-state index in [9.17, 15) is 9.18 Å². The van der Waals surface area contributed by atoms with Gasteiger partial charge in [0.2, 0.25) is 5.78 Å². The van der Waals surface area contributed by atoms with Gasteiger partial charge in [-0.1, -0.05) is 5.57 Å². The SMILES string of the molecule is CCn1nccc1SN1CCC2=Cc3c(cnn3-c3ccc(F)cc3)CC2(C(=O)c2nccs2)C1. The topological polar surface area (TPSA) is 68.8 Å². The Hall–Kier alpha value is -3.08. The van der Waals surface area contributed by atoms with Crippen molar-refractivity contribution < 1.29 is 9.18 Å². The first-order valence-corrected chi connectivity index (χ1v) is 13.2. The molecule has 35 heavy (non-hydrogen) atoms. The highest BCUT2D eigenvalue weighted by Crippen LogP contribution is 2.48. The van der Waals surface area contributed by atoms with Gasteiger partial charge in [0.1, 0.15) is 10.8 Å². The Labute approximate surface area is 210 Å². The van der Waals surface area contributed by atoms with Crippen LogP contribution in [0.25, 0.3) is 11.8 Å². The van der Waals surface area contributed by atoms with Crippen LogP contribution < -0.4 is 0 Å². The van der Waals surface area contributed by atoms with E-state index in [2.05, 4.69) is 32.5 Å². The molecule has 0 spiro atoms. The van der Waals surface area contributed by atoms with Crippen molar-refractivity contribution in [1.29, 1.82) is 0 Å². The minimum atomic E-state index is -0.705. The van der Waals surface area contributed by atoms with Gasteiger partial charge in [0.05, 0.1) is 29.2 Å². The summed E-state index contributed by atoms with van der Waals surface area (Å²) < 4.78 is 19.6. The fourth-order valence-electron chi connectivity index (χ4n) is 4.99. The molecule has 0 radical (unpaired) electrons. The quantitative estimate of drug-likeness (QED) is 0.274. The van der Waals surface area contributed by atoms with E-state index in [1.54, 1.807) is 30.3 Å². The zero-order valence-corrected chi connectivity index (χ0v) is 20.7. The summed E-state index contributed by atoms with van der Waals surface area (Å²) in [4.78, 5) is 18.4. The number of halogens is 1. The molecular formula is C25H23FN6OS2. The molecule has 178 valence electrons. The maximum absolute atomic E-state index is 14.0. The first-order valence-electron chi connectivity index (χ1n) is 11.5. The lowest BCUT2D eigenvalue weighted by atomic mass is 9.66. The van der Waals surface area contributed by atoms with Crippen LogP contribution in [0.3, 0.4) is 0 Å². The molecule has 1 aliphatic carbocycles. The number of Topliss-reactive ketones (excluding diaryl/α,β-unsaturated/α-hetero) is 1. The van der Waals surface area contributed by atoms with Gasteiger partial charge in [-0.15, -0.1) is 11.3 Å². The monoisotopic (exact) mass is 506 g/mol. The molecule has 4 heterocycles. The Balaban J connectivity index is 1.39. The summed E-state index contributed by atoms with van der Waals surface area (Å²) in [6.45, 7) is 4.27. The molecule has 1 aliphatic heterocycles. The van der Waals surface area contributed by atoms with E-state index in [1.807, 2.05) is 33.2 Å². The zero-order chi connectivity index (χ0) is 24.0. The molecule has 0 saturated carbocycles. The van der Waals surface area contributed by atoms with E-state index < -0.39 is 5.41 Å². The lowest BCUT2D eigenvalue weighted by Gasteiger charge is -2.44. The summed E-state index contributed by atoms with van der Waals surface area (Å²) in [6, 6.07) is 8.33. The number of thiazole rings is 1. The molecular weight excluding hydrogens is 483 g/mol. The van der Waals surface area contributed by atoms with Gasteiger partial charge in [0, 0.05) is 31.2 Å². The fraction of sp³-hybridized carbons (Fsp3) is 0.280. The minimum Gasteiger partial charge on any atom is -0.290 e. The van der Waals surface area contributed by atoms with Gasteiger partial charge in [0.15, 0.2) is 5.01 Å². The van der Waals surface area contributed by atoms with Crippen LogP contribution in [0.15, 0.2) is 64.9 Å². The average Bonchev–Trinajstić information content (AvgIpc) is 3.64. The molecule has 1 unspecified atom stereocenters. The van der Waals surface area contributed by atoms with Crippen LogP contribution in [0.1, 0.15) is 34.4 Å². The smallest absolute Gasteiger partial charge is 0.203 e. The largest absolute Gasteiger partial charge is 0.290 e. The third-order valence-electron chi connectivity index (χ3n) is 6.71. The third kappa shape index (κ3) is 3.85. The minimum absolute atomic E-state index is 0.0632. The summed E-state index contributed by atoms with van der Waals surface area (Å²) in [5.41, 5.74) is 3.16. The number of carbonyl (C=O) groups excluding carboxylic acids is 1. The van der Waals surface area contributed by atoms with Crippen molar-refractivity contribution in [2.75, 3.05) is 13.1 Å². The molecule has 2 aliphatic rings. The second-order valence-corrected chi connectivity index (χ2v) is 10.7. The number of fused-ring (bicyclic) bond motifs is 2. The second-order valence-electron chi connectivity index (χ2n) is 8.73.